The van der Waals surface area contributed by atoms with Crippen molar-refractivity contribution < 1.29 is 4.79 Å². The molecular formula is C16H18N6O. The SMILES string of the molecule is Cc1cccc(NC(=O)NCCCc2cnc3ncnn3c2)c1. The van der Waals surface area contributed by atoms with E-state index in [1.165, 1.54) is 6.33 Å². The van der Waals surface area contributed by atoms with Gasteiger partial charge in [-0.05, 0) is 43.0 Å². The van der Waals surface area contributed by atoms with E-state index in [9.17, 15) is 4.79 Å². The lowest BCUT2D eigenvalue weighted by Gasteiger charge is -2.08. The Morgan fingerprint density at radius 2 is 2.22 bits per heavy atom. The average Bonchev–Trinajstić information content (AvgIpc) is 2.99. The lowest BCUT2D eigenvalue weighted by atomic mass is 10.2. The van der Waals surface area contributed by atoms with Gasteiger partial charge in [0.15, 0.2) is 0 Å². The van der Waals surface area contributed by atoms with E-state index >= 15 is 0 Å². The molecule has 0 atom stereocenters. The number of fused-ring (bicyclic) bond motifs is 1. The van der Waals surface area contributed by atoms with Crippen LogP contribution in [0.4, 0.5) is 10.5 Å². The average molecular weight is 310 g/mol. The fraction of sp³-hybridized carbons (Fsp3) is 0.250. The fourth-order valence-electron chi connectivity index (χ4n) is 2.28. The van der Waals surface area contributed by atoms with Crippen molar-refractivity contribution in [2.24, 2.45) is 0 Å². The van der Waals surface area contributed by atoms with Gasteiger partial charge in [-0.25, -0.2) is 14.3 Å². The van der Waals surface area contributed by atoms with Crippen molar-refractivity contribution in [1.82, 2.24) is 24.9 Å². The van der Waals surface area contributed by atoms with Gasteiger partial charge >= 0.3 is 6.03 Å². The number of carbonyl (C=O) groups is 1. The van der Waals surface area contributed by atoms with Crippen LogP contribution in [0.3, 0.4) is 0 Å². The van der Waals surface area contributed by atoms with E-state index in [1.807, 2.05) is 37.4 Å². The van der Waals surface area contributed by atoms with Gasteiger partial charge in [0.1, 0.15) is 6.33 Å². The van der Waals surface area contributed by atoms with Crippen LogP contribution in [0.1, 0.15) is 17.5 Å². The van der Waals surface area contributed by atoms with E-state index in [2.05, 4.69) is 25.7 Å². The molecular weight excluding hydrogens is 292 g/mol. The third-order valence-corrected chi connectivity index (χ3v) is 3.39. The summed E-state index contributed by atoms with van der Waals surface area (Å²) in [5, 5.41) is 9.72. The van der Waals surface area contributed by atoms with Gasteiger partial charge in [0.2, 0.25) is 0 Å². The molecule has 0 aliphatic heterocycles. The van der Waals surface area contributed by atoms with Crippen molar-refractivity contribution in [3.8, 4) is 0 Å². The lowest BCUT2D eigenvalue weighted by molar-refractivity contribution is 0.252. The molecule has 2 heterocycles. The standard InChI is InChI=1S/C16H18N6O/c1-12-4-2-6-14(8-12)21-16(23)17-7-3-5-13-9-18-15-19-11-20-22(15)10-13/h2,4,6,8-11H,3,5,7H2,1H3,(H2,17,21,23). The third kappa shape index (κ3) is 4.03. The predicted octanol–water partition coefficient (Wildman–Crippen LogP) is 2.19. The summed E-state index contributed by atoms with van der Waals surface area (Å²) in [5.41, 5.74) is 2.96. The molecule has 0 radical (unpaired) electrons. The molecule has 0 saturated heterocycles. The van der Waals surface area contributed by atoms with Crippen LogP contribution in [0.25, 0.3) is 5.78 Å². The Labute approximate surface area is 133 Å². The Morgan fingerprint density at radius 1 is 1.30 bits per heavy atom. The third-order valence-electron chi connectivity index (χ3n) is 3.39. The molecule has 23 heavy (non-hydrogen) atoms. The second-order valence-corrected chi connectivity index (χ2v) is 5.32. The second-order valence-electron chi connectivity index (χ2n) is 5.32. The Bertz CT molecular complexity index is 813. The van der Waals surface area contributed by atoms with Crippen LogP contribution in [0.15, 0.2) is 43.0 Å². The first-order chi connectivity index (χ1) is 11.2. The van der Waals surface area contributed by atoms with Crippen molar-refractivity contribution in [1.29, 1.82) is 0 Å². The van der Waals surface area contributed by atoms with Gasteiger partial charge in [0, 0.05) is 24.6 Å². The largest absolute Gasteiger partial charge is 0.338 e. The minimum atomic E-state index is -0.194. The zero-order chi connectivity index (χ0) is 16.1. The molecule has 1 aromatic carbocycles. The number of hydrogen-bond acceptors (Lipinski definition) is 4. The molecule has 118 valence electrons. The van der Waals surface area contributed by atoms with Gasteiger partial charge < -0.3 is 10.6 Å². The zero-order valence-electron chi connectivity index (χ0n) is 12.9. The number of rotatable bonds is 5. The smallest absolute Gasteiger partial charge is 0.319 e. The Morgan fingerprint density at radius 3 is 3.09 bits per heavy atom. The Kier molecular flexibility index (Phi) is 4.46. The number of aromatic nitrogens is 4. The summed E-state index contributed by atoms with van der Waals surface area (Å²) in [5.74, 6) is 0.587. The molecule has 2 amide bonds. The number of amides is 2. The fourth-order valence-corrected chi connectivity index (χ4v) is 2.28. The highest BCUT2D eigenvalue weighted by Crippen LogP contribution is 2.09. The van der Waals surface area contributed by atoms with E-state index in [4.69, 9.17) is 0 Å². The molecule has 7 heteroatoms. The summed E-state index contributed by atoms with van der Waals surface area (Å²) in [6.45, 7) is 2.58. The number of urea groups is 1. The van der Waals surface area contributed by atoms with Gasteiger partial charge in [0.05, 0.1) is 0 Å². The quantitative estimate of drug-likeness (QED) is 0.708. The van der Waals surface area contributed by atoms with Gasteiger partial charge in [-0.3, -0.25) is 0 Å². The van der Waals surface area contributed by atoms with Gasteiger partial charge in [-0.1, -0.05) is 12.1 Å². The highest BCUT2D eigenvalue weighted by atomic mass is 16.2. The molecule has 0 fully saturated rings. The number of carbonyl (C=O) groups excluding carboxylic acids is 1. The number of nitrogens with one attached hydrogen (secondary N) is 2. The lowest BCUT2D eigenvalue weighted by Crippen LogP contribution is -2.29. The van der Waals surface area contributed by atoms with E-state index in [-0.39, 0.29) is 6.03 Å². The number of anilines is 1. The predicted molar refractivity (Wildman–Crippen MR) is 87.3 cm³/mol. The molecule has 0 saturated carbocycles. The van der Waals surface area contributed by atoms with Crippen molar-refractivity contribution in [3.63, 3.8) is 0 Å². The van der Waals surface area contributed by atoms with Gasteiger partial charge in [0.25, 0.3) is 5.78 Å². The maximum absolute atomic E-state index is 11.8. The normalized spacial score (nSPS) is 10.7. The van der Waals surface area contributed by atoms with E-state index < -0.39 is 0 Å². The molecule has 7 nitrogen and oxygen atoms in total. The molecule has 0 bridgehead atoms. The summed E-state index contributed by atoms with van der Waals surface area (Å²) >= 11 is 0. The first kappa shape index (κ1) is 15.0. The molecule has 0 aliphatic carbocycles. The molecule has 0 spiro atoms. The summed E-state index contributed by atoms with van der Waals surface area (Å²) in [6, 6.07) is 7.51. The maximum atomic E-state index is 11.8. The first-order valence-electron chi connectivity index (χ1n) is 7.46. The summed E-state index contributed by atoms with van der Waals surface area (Å²) in [7, 11) is 0. The molecule has 2 aromatic heterocycles. The van der Waals surface area contributed by atoms with Crippen molar-refractivity contribution in [3.05, 3.63) is 54.1 Å². The molecule has 2 N–H and O–H groups in total. The Balaban J connectivity index is 1.43. The van der Waals surface area contributed by atoms with Crippen LogP contribution >= 0.6 is 0 Å². The first-order valence-corrected chi connectivity index (χ1v) is 7.46. The number of benzene rings is 1. The molecule has 0 unspecified atom stereocenters. The second kappa shape index (κ2) is 6.87. The van der Waals surface area contributed by atoms with Crippen LogP contribution in [0.5, 0.6) is 0 Å². The summed E-state index contributed by atoms with van der Waals surface area (Å²) in [6.07, 6.45) is 6.80. The minimum absolute atomic E-state index is 0.194. The molecule has 0 aliphatic rings. The maximum Gasteiger partial charge on any atom is 0.319 e. The van der Waals surface area contributed by atoms with Crippen molar-refractivity contribution in [2.45, 2.75) is 19.8 Å². The Hall–Kier alpha value is -2.96. The zero-order valence-corrected chi connectivity index (χ0v) is 12.9. The van der Waals surface area contributed by atoms with Crippen LogP contribution in [-0.4, -0.2) is 32.2 Å². The van der Waals surface area contributed by atoms with E-state index in [0.717, 1.165) is 29.7 Å². The van der Waals surface area contributed by atoms with Crippen molar-refractivity contribution >= 4 is 17.5 Å². The molecule has 3 rings (SSSR count). The van der Waals surface area contributed by atoms with E-state index in [0.29, 0.717) is 12.3 Å². The van der Waals surface area contributed by atoms with Crippen molar-refractivity contribution in [2.75, 3.05) is 11.9 Å². The van der Waals surface area contributed by atoms with Crippen LogP contribution in [-0.2, 0) is 6.42 Å². The minimum Gasteiger partial charge on any atom is -0.338 e. The van der Waals surface area contributed by atoms with Crippen LogP contribution < -0.4 is 10.6 Å². The highest BCUT2D eigenvalue weighted by molar-refractivity contribution is 5.89. The van der Waals surface area contributed by atoms with Crippen LogP contribution in [0.2, 0.25) is 0 Å². The summed E-state index contributed by atoms with van der Waals surface area (Å²) in [4.78, 5) is 20.0. The monoisotopic (exact) mass is 310 g/mol. The summed E-state index contributed by atoms with van der Waals surface area (Å²) < 4.78 is 1.65. The number of hydrogen-bond donors (Lipinski definition) is 2. The van der Waals surface area contributed by atoms with Crippen LogP contribution in [0, 0.1) is 6.92 Å². The number of aryl methyl sites for hydroxylation is 2. The topological polar surface area (TPSA) is 84.2 Å². The van der Waals surface area contributed by atoms with Gasteiger partial charge in [-0.15, -0.1) is 0 Å². The highest BCUT2D eigenvalue weighted by Gasteiger charge is 2.02. The van der Waals surface area contributed by atoms with E-state index in [1.54, 1.807) is 10.7 Å². The van der Waals surface area contributed by atoms with Gasteiger partial charge in [-0.2, -0.15) is 10.1 Å². The molecule has 3 aromatic rings. The number of nitrogens with zero attached hydrogens (tertiary/aromatic N) is 4.